The third-order valence-corrected chi connectivity index (χ3v) is 6.80. The van der Waals surface area contributed by atoms with E-state index in [4.69, 9.17) is 0 Å². The molecule has 2 heterocycles. The van der Waals surface area contributed by atoms with Crippen molar-refractivity contribution in [3.63, 3.8) is 0 Å². The van der Waals surface area contributed by atoms with Gasteiger partial charge in [-0.1, -0.05) is 26.0 Å². The Hall–Kier alpha value is -2.29. The predicted octanol–water partition coefficient (Wildman–Crippen LogP) is 1.89. The van der Waals surface area contributed by atoms with Gasteiger partial charge in [0.25, 0.3) is 5.91 Å². The zero-order chi connectivity index (χ0) is 20.3. The fourth-order valence-corrected chi connectivity index (χ4v) is 4.20. The van der Waals surface area contributed by atoms with Crippen LogP contribution in [0.25, 0.3) is 0 Å². The van der Waals surface area contributed by atoms with Crippen LogP contribution in [0, 0.1) is 0 Å². The van der Waals surface area contributed by atoms with E-state index in [0.717, 1.165) is 17.7 Å². The number of aliphatic hydroxyl groups is 1. The number of sulfone groups is 1. The molecule has 0 fully saturated rings. The van der Waals surface area contributed by atoms with Gasteiger partial charge in [0.15, 0.2) is 9.84 Å². The number of nitrogens with one attached hydrogen (secondary N) is 2. The first-order valence-corrected chi connectivity index (χ1v) is 11.0. The van der Waals surface area contributed by atoms with Crippen molar-refractivity contribution >= 4 is 15.7 Å². The zero-order valence-electron chi connectivity index (χ0n) is 16.0. The lowest BCUT2D eigenvalue weighted by atomic mass is 10.1. The van der Waals surface area contributed by atoms with Crippen LogP contribution in [-0.4, -0.2) is 36.8 Å². The van der Waals surface area contributed by atoms with Gasteiger partial charge in [-0.25, -0.2) is 8.42 Å². The molecule has 8 heteroatoms. The van der Waals surface area contributed by atoms with Crippen LogP contribution in [0.15, 0.2) is 41.4 Å². The van der Waals surface area contributed by atoms with Gasteiger partial charge in [-0.15, -0.1) is 0 Å². The normalized spacial score (nSPS) is 17.2. The Labute approximate surface area is 165 Å². The topological polar surface area (TPSA) is 108 Å². The van der Waals surface area contributed by atoms with Gasteiger partial charge >= 0.3 is 0 Å². The van der Waals surface area contributed by atoms with Gasteiger partial charge in [0, 0.05) is 18.8 Å². The predicted molar refractivity (Wildman–Crippen MR) is 106 cm³/mol. The Bertz CT molecular complexity index is 958. The quantitative estimate of drug-likeness (QED) is 0.652. The number of benzene rings is 1. The molecule has 2 atom stereocenters. The number of carbonyl (C=O) groups excluding carboxylic acids is 1. The Kier molecular flexibility index (Phi) is 6.12. The zero-order valence-corrected chi connectivity index (χ0v) is 16.8. The van der Waals surface area contributed by atoms with Crippen LogP contribution in [0.4, 0.5) is 0 Å². The van der Waals surface area contributed by atoms with Crippen molar-refractivity contribution in [2.75, 3.05) is 12.4 Å². The second-order valence-electron chi connectivity index (χ2n) is 6.79. The summed E-state index contributed by atoms with van der Waals surface area (Å²) in [4.78, 5) is 17.3. The van der Waals surface area contributed by atoms with E-state index < -0.39 is 15.9 Å². The fourth-order valence-electron chi connectivity index (χ4n) is 3.32. The molecule has 0 radical (unpaired) electrons. The van der Waals surface area contributed by atoms with E-state index in [-0.39, 0.29) is 29.2 Å². The average Bonchev–Trinajstić information content (AvgIpc) is 3.14. The third-order valence-electron chi connectivity index (χ3n) is 5.05. The van der Waals surface area contributed by atoms with Crippen LogP contribution < -0.4 is 10.6 Å². The first kappa shape index (κ1) is 20.4. The number of carbonyl (C=O) groups is 1. The van der Waals surface area contributed by atoms with Crippen LogP contribution >= 0.6 is 0 Å². The molecule has 150 valence electrons. The summed E-state index contributed by atoms with van der Waals surface area (Å²) in [6, 6.07) is 7.62. The van der Waals surface area contributed by atoms with Crippen molar-refractivity contribution < 1.29 is 18.3 Å². The van der Waals surface area contributed by atoms with E-state index >= 15 is 0 Å². The largest absolute Gasteiger partial charge is 0.394 e. The number of hydrogen-bond donors (Lipinski definition) is 3. The van der Waals surface area contributed by atoms with Crippen LogP contribution in [0.1, 0.15) is 59.5 Å². The highest BCUT2D eigenvalue weighted by Crippen LogP contribution is 2.26. The number of rotatable bonds is 7. The monoisotopic (exact) mass is 403 g/mol. The first-order valence-electron chi connectivity index (χ1n) is 9.36. The molecule has 2 aromatic rings. The summed E-state index contributed by atoms with van der Waals surface area (Å²) in [6.45, 7) is 4.04. The summed E-state index contributed by atoms with van der Waals surface area (Å²) in [5.41, 5.74) is 3.05. The minimum Gasteiger partial charge on any atom is -0.394 e. The van der Waals surface area contributed by atoms with E-state index in [1.54, 1.807) is 25.3 Å². The van der Waals surface area contributed by atoms with Gasteiger partial charge in [-0.05, 0) is 35.7 Å². The standard InChI is InChI=1S/C20H25N3O4S/c1-3-17-19-14(10-21-17)9-15(11-22-19)20(25)23-18(12-24)13-5-7-16(8-6-13)28(26,27)4-2/h5-9,11,17-18,21,24H,3-4,10,12H2,1-2H3,(H,23,25)/t17-,18-/m0/s1. The lowest BCUT2D eigenvalue weighted by Crippen LogP contribution is -2.31. The van der Waals surface area contributed by atoms with Crippen LogP contribution in [0.5, 0.6) is 0 Å². The van der Waals surface area contributed by atoms with E-state index in [1.165, 1.54) is 12.1 Å². The number of fused-ring (bicyclic) bond motifs is 1. The van der Waals surface area contributed by atoms with Crippen molar-refractivity contribution in [3.8, 4) is 0 Å². The summed E-state index contributed by atoms with van der Waals surface area (Å²) in [5, 5.41) is 15.9. The molecule has 0 aliphatic carbocycles. The van der Waals surface area contributed by atoms with Crippen molar-refractivity contribution in [3.05, 3.63) is 58.9 Å². The SMILES string of the molecule is CC[C@@H]1NCc2cc(C(=O)N[C@@H](CO)c3ccc(S(=O)(=O)CC)cc3)cnc21. The average molecular weight is 404 g/mol. The summed E-state index contributed by atoms with van der Waals surface area (Å²) < 4.78 is 23.8. The summed E-state index contributed by atoms with van der Waals surface area (Å²) in [5.74, 6) is -0.314. The molecule has 0 spiro atoms. The molecule has 28 heavy (non-hydrogen) atoms. The Morgan fingerprint density at radius 1 is 1.32 bits per heavy atom. The van der Waals surface area contributed by atoms with Gasteiger partial charge in [-0.3, -0.25) is 9.78 Å². The second kappa shape index (κ2) is 8.38. The number of amides is 1. The smallest absolute Gasteiger partial charge is 0.253 e. The van der Waals surface area contributed by atoms with Crippen LogP contribution in [0.3, 0.4) is 0 Å². The van der Waals surface area contributed by atoms with E-state index in [2.05, 4.69) is 22.5 Å². The third kappa shape index (κ3) is 4.09. The molecule has 0 bridgehead atoms. The molecular weight excluding hydrogens is 378 g/mol. The number of aliphatic hydroxyl groups excluding tert-OH is 1. The maximum Gasteiger partial charge on any atom is 0.253 e. The molecule has 0 saturated heterocycles. The highest BCUT2D eigenvalue weighted by molar-refractivity contribution is 7.91. The number of pyridine rings is 1. The van der Waals surface area contributed by atoms with E-state index in [1.807, 2.05) is 6.07 Å². The molecule has 0 unspecified atom stereocenters. The van der Waals surface area contributed by atoms with Crippen molar-refractivity contribution in [2.24, 2.45) is 0 Å². The molecule has 3 rings (SSSR count). The van der Waals surface area contributed by atoms with E-state index in [0.29, 0.717) is 17.7 Å². The van der Waals surface area contributed by atoms with Gasteiger partial charge in [0.2, 0.25) is 0 Å². The van der Waals surface area contributed by atoms with Gasteiger partial charge < -0.3 is 15.7 Å². The highest BCUT2D eigenvalue weighted by Gasteiger charge is 2.24. The second-order valence-corrected chi connectivity index (χ2v) is 9.07. The lowest BCUT2D eigenvalue weighted by Gasteiger charge is -2.17. The molecule has 1 aromatic carbocycles. The first-order chi connectivity index (χ1) is 13.4. The van der Waals surface area contributed by atoms with Gasteiger partial charge in [0.1, 0.15) is 0 Å². The van der Waals surface area contributed by atoms with Crippen molar-refractivity contribution in [1.29, 1.82) is 0 Å². The van der Waals surface area contributed by atoms with Crippen molar-refractivity contribution in [2.45, 2.75) is 43.8 Å². The van der Waals surface area contributed by atoms with Gasteiger partial charge in [-0.2, -0.15) is 0 Å². The molecule has 1 aliphatic rings. The lowest BCUT2D eigenvalue weighted by molar-refractivity contribution is 0.0915. The molecule has 0 saturated carbocycles. The Balaban J connectivity index is 1.75. The summed E-state index contributed by atoms with van der Waals surface area (Å²) in [6.07, 6.45) is 2.48. The molecule has 3 N–H and O–H groups in total. The number of hydrogen-bond acceptors (Lipinski definition) is 6. The molecule has 1 aliphatic heterocycles. The maximum atomic E-state index is 12.6. The number of aromatic nitrogens is 1. The Morgan fingerprint density at radius 3 is 2.64 bits per heavy atom. The minimum atomic E-state index is -3.29. The summed E-state index contributed by atoms with van der Waals surface area (Å²) in [7, 11) is -3.29. The molecule has 1 amide bonds. The van der Waals surface area contributed by atoms with Crippen LogP contribution in [-0.2, 0) is 16.4 Å². The molecule has 1 aromatic heterocycles. The maximum absolute atomic E-state index is 12.6. The van der Waals surface area contributed by atoms with E-state index in [9.17, 15) is 18.3 Å². The van der Waals surface area contributed by atoms with Gasteiger partial charge in [0.05, 0.1) is 34.6 Å². The Morgan fingerprint density at radius 2 is 2.04 bits per heavy atom. The summed E-state index contributed by atoms with van der Waals surface area (Å²) >= 11 is 0. The fraction of sp³-hybridized carbons (Fsp3) is 0.400. The molecule has 7 nitrogen and oxygen atoms in total. The number of nitrogens with zero attached hydrogens (tertiary/aromatic N) is 1. The highest BCUT2D eigenvalue weighted by atomic mass is 32.2. The minimum absolute atomic E-state index is 0.0194. The van der Waals surface area contributed by atoms with Crippen molar-refractivity contribution in [1.82, 2.24) is 15.6 Å². The van der Waals surface area contributed by atoms with Crippen LogP contribution in [0.2, 0.25) is 0 Å². The molecular formula is C20H25N3O4S.